The van der Waals surface area contributed by atoms with Gasteiger partial charge in [0, 0.05) is 4.47 Å². The van der Waals surface area contributed by atoms with E-state index in [2.05, 4.69) is 15.9 Å². The van der Waals surface area contributed by atoms with Gasteiger partial charge in [0.1, 0.15) is 12.2 Å². The number of carbonyl (C=O) groups is 3. The molecule has 0 bridgehead atoms. The Morgan fingerprint density at radius 1 is 1.29 bits per heavy atom. The van der Waals surface area contributed by atoms with Crippen LogP contribution in [-0.2, 0) is 9.59 Å². The summed E-state index contributed by atoms with van der Waals surface area (Å²) < 4.78 is 43.9. The highest BCUT2D eigenvalue weighted by Crippen LogP contribution is 2.43. The minimum Gasteiger partial charge on any atom is -0.481 e. The average molecular weight is 413 g/mol. The number of fused-ring (bicyclic) bond motifs is 1. The zero-order valence-electron chi connectivity index (χ0n) is 12.2. The molecular formula is C14H12BrF3O6. The number of carboxylic acids is 2. The molecule has 0 radical (unpaired) electrons. The van der Waals surface area contributed by atoms with Crippen molar-refractivity contribution < 1.29 is 42.5 Å². The Balaban J connectivity index is 0.000000351. The highest BCUT2D eigenvalue weighted by atomic mass is 79.9. The lowest BCUT2D eigenvalue weighted by atomic mass is 9.91. The number of rotatable bonds is 2. The van der Waals surface area contributed by atoms with Crippen LogP contribution in [0, 0.1) is 0 Å². The average Bonchev–Trinajstić information content (AvgIpc) is 2.37. The minimum atomic E-state index is -4.58. The van der Waals surface area contributed by atoms with Crippen LogP contribution in [0.1, 0.15) is 30.1 Å². The second kappa shape index (κ2) is 7.20. The lowest BCUT2D eigenvalue weighted by molar-refractivity contribution is -0.241. The number of hydrogen-bond acceptors (Lipinski definition) is 4. The molecule has 6 nitrogen and oxygen atoms in total. The lowest BCUT2D eigenvalue weighted by Crippen LogP contribution is -2.51. The standard InChI is InChI=1S/C11H8BrF3O2.C3H4O4/c1-10(11(13,14)15)5-8(16)7-4-6(12)2-3-9(7)17-10;4-2(5)1-3(6)7/h2-4H,5H2,1H3;1H2,(H,4,5)(H,6,7). The molecule has 0 aliphatic carbocycles. The molecule has 0 saturated heterocycles. The Morgan fingerprint density at radius 2 is 1.83 bits per heavy atom. The van der Waals surface area contributed by atoms with Gasteiger partial charge < -0.3 is 14.9 Å². The molecule has 24 heavy (non-hydrogen) atoms. The summed E-state index contributed by atoms with van der Waals surface area (Å²) in [7, 11) is 0. The van der Waals surface area contributed by atoms with Crippen molar-refractivity contribution in [1.29, 1.82) is 0 Å². The summed E-state index contributed by atoms with van der Waals surface area (Å²) in [5.41, 5.74) is -2.26. The van der Waals surface area contributed by atoms with Crippen LogP contribution < -0.4 is 4.74 Å². The van der Waals surface area contributed by atoms with Gasteiger partial charge in [0.2, 0.25) is 5.60 Å². The SMILES string of the molecule is CC1(C(F)(F)F)CC(=O)c2cc(Br)ccc2O1.O=C(O)CC(=O)O. The van der Waals surface area contributed by atoms with Gasteiger partial charge >= 0.3 is 18.1 Å². The van der Waals surface area contributed by atoms with Crippen LogP contribution in [0.4, 0.5) is 13.2 Å². The van der Waals surface area contributed by atoms with E-state index in [1.165, 1.54) is 18.2 Å². The maximum atomic E-state index is 12.8. The van der Waals surface area contributed by atoms with E-state index in [1.807, 2.05) is 0 Å². The van der Waals surface area contributed by atoms with E-state index < -0.39 is 42.3 Å². The molecule has 1 aromatic carbocycles. The smallest absolute Gasteiger partial charge is 0.428 e. The predicted molar refractivity (Wildman–Crippen MR) is 78.1 cm³/mol. The summed E-state index contributed by atoms with van der Waals surface area (Å²) in [6, 6.07) is 4.36. The number of Topliss-reactive ketones (excluding diaryl/α,β-unsaturated/α-hetero) is 1. The fourth-order valence-electron chi connectivity index (χ4n) is 1.78. The van der Waals surface area contributed by atoms with Crippen LogP contribution >= 0.6 is 15.9 Å². The number of ether oxygens (including phenoxy) is 1. The first-order valence-electron chi connectivity index (χ1n) is 6.38. The molecule has 1 aromatic rings. The van der Waals surface area contributed by atoms with Crippen LogP contribution in [0.2, 0.25) is 0 Å². The van der Waals surface area contributed by atoms with Gasteiger partial charge in [0.05, 0.1) is 12.0 Å². The zero-order chi connectivity index (χ0) is 18.7. The Bertz CT molecular complexity index is 661. The molecule has 0 saturated carbocycles. The van der Waals surface area contributed by atoms with Crippen molar-refractivity contribution in [2.45, 2.75) is 31.5 Å². The lowest BCUT2D eigenvalue weighted by Gasteiger charge is -2.36. The van der Waals surface area contributed by atoms with E-state index in [0.717, 1.165) is 6.92 Å². The van der Waals surface area contributed by atoms with Crippen LogP contribution in [0.25, 0.3) is 0 Å². The molecule has 1 aliphatic heterocycles. The van der Waals surface area contributed by atoms with Crippen molar-refractivity contribution in [2.75, 3.05) is 0 Å². The number of carboxylic acid groups (broad SMARTS) is 2. The number of halogens is 4. The third-order valence-electron chi connectivity index (χ3n) is 2.98. The molecule has 10 heteroatoms. The summed E-state index contributed by atoms with van der Waals surface area (Å²) in [6.07, 6.45) is -6.08. The number of benzene rings is 1. The van der Waals surface area contributed by atoms with E-state index in [1.54, 1.807) is 0 Å². The van der Waals surface area contributed by atoms with Crippen molar-refractivity contribution in [1.82, 2.24) is 0 Å². The zero-order valence-corrected chi connectivity index (χ0v) is 13.8. The van der Waals surface area contributed by atoms with Gasteiger partial charge in [-0.1, -0.05) is 15.9 Å². The predicted octanol–water partition coefficient (Wildman–Crippen LogP) is 3.28. The number of aliphatic carboxylic acids is 2. The Labute approximate surface area is 142 Å². The quantitative estimate of drug-likeness (QED) is 0.722. The molecule has 1 unspecified atom stereocenters. The highest BCUT2D eigenvalue weighted by molar-refractivity contribution is 9.10. The normalized spacial score (nSPS) is 19.5. The van der Waals surface area contributed by atoms with Gasteiger partial charge in [0.25, 0.3) is 0 Å². The fraction of sp³-hybridized carbons (Fsp3) is 0.357. The second-order valence-corrected chi connectivity index (χ2v) is 5.95. The first-order valence-corrected chi connectivity index (χ1v) is 7.17. The third-order valence-corrected chi connectivity index (χ3v) is 3.47. The van der Waals surface area contributed by atoms with Crippen molar-refractivity contribution >= 4 is 33.7 Å². The molecule has 0 amide bonds. The summed E-state index contributed by atoms with van der Waals surface area (Å²) in [5.74, 6) is -3.21. The first kappa shape index (κ1) is 19.9. The van der Waals surface area contributed by atoms with E-state index in [9.17, 15) is 27.6 Å². The van der Waals surface area contributed by atoms with Gasteiger partial charge in [-0.05, 0) is 25.1 Å². The number of carbonyl (C=O) groups excluding carboxylic acids is 1. The maximum Gasteiger partial charge on any atom is 0.428 e. The minimum absolute atomic E-state index is 0.0238. The van der Waals surface area contributed by atoms with Crippen LogP contribution in [0.3, 0.4) is 0 Å². The van der Waals surface area contributed by atoms with Gasteiger partial charge in [-0.15, -0.1) is 0 Å². The van der Waals surface area contributed by atoms with Crippen LogP contribution in [-0.4, -0.2) is 39.7 Å². The summed E-state index contributed by atoms with van der Waals surface area (Å²) in [4.78, 5) is 30.6. The van der Waals surface area contributed by atoms with E-state index in [4.69, 9.17) is 14.9 Å². The van der Waals surface area contributed by atoms with Gasteiger partial charge in [-0.25, -0.2) is 0 Å². The fourth-order valence-corrected chi connectivity index (χ4v) is 2.14. The van der Waals surface area contributed by atoms with E-state index in [-0.39, 0.29) is 11.3 Å². The van der Waals surface area contributed by atoms with Gasteiger partial charge in [-0.2, -0.15) is 13.2 Å². The van der Waals surface area contributed by atoms with Crippen molar-refractivity contribution in [3.63, 3.8) is 0 Å². The highest BCUT2D eigenvalue weighted by Gasteiger charge is 2.56. The van der Waals surface area contributed by atoms with Crippen LogP contribution in [0.15, 0.2) is 22.7 Å². The summed E-state index contributed by atoms with van der Waals surface area (Å²) in [6.45, 7) is 0.885. The maximum absolute atomic E-state index is 12.8. The molecule has 0 fully saturated rings. The Hall–Kier alpha value is -2.10. The topological polar surface area (TPSA) is 101 Å². The van der Waals surface area contributed by atoms with Crippen molar-refractivity contribution in [3.8, 4) is 5.75 Å². The number of ketones is 1. The van der Waals surface area contributed by atoms with Gasteiger partial charge in [0.15, 0.2) is 5.78 Å². The summed E-state index contributed by atoms with van der Waals surface area (Å²) >= 11 is 3.16. The van der Waals surface area contributed by atoms with Crippen LogP contribution in [0.5, 0.6) is 5.75 Å². The molecule has 132 valence electrons. The third kappa shape index (κ3) is 4.95. The summed E-state index contributed by atoms with van der Waals surface area (Å²) in [5, 5.41) is 15.4. The van der Waals surface area contributed by atoms with Crippen molar-refractivity contribution in [2.24, 2.45) is 0 Å². The molecule has 0 spiro atoms. The molecular weight excluding hydrogens is 401 g/mol. The van der Waals surface area contributed by atoms with E-state index in [0.29, 0.717) is 4.47 Å². The number of hydrogen-bond donors (Lipinski definition) is 2. The first-order chi connectivity index (χ1) is 10.9. The molecule has 1 atom stereocenters. The monoisotopic (exact) mass is 412 g/mol. The largest absolute Gasteiger partial charge is 0.481 e. The van der Waals surface area contributed by atoms with Gasteiger partial charge in [-0.3, -0.25) is 14.4 Å². The molecule has 2 rings (SSSR count). The Kier molecular flexibility index (Phi) is 5.99. The van der Waals surface area contributed by atoms with E-state index >= 15 is 0 Å². The molecule has 1 heterocycles. The second-order valence-electron chi connectivity index (χ2n) is 5.04. The number of alkyl halides is 3. The molecule has 2 N–H and O–H groups in total. The molecule has 1 aliphatic rings. The van der Waals surface area contributed by atoms with Crippen molar-refractivity contribution in [3.05, 3.63) is 28.2 Å². The molecule has 0 aromatic heterocycles. The Morgan fingerprint density at radius 3 is 2.25 bits per heavy atom.